The molecule has 2 heterocycles. The van der Waals surface area contributed by atoms with E-state index in [2.05, 4.69) is 4.98 Å². The number of aromatic nitrogens is 1. The molecule has 0 aliphatic carbocycles. The summed E-state index contributed by atoms with van der Waals surface area (Å²) in [6.07, 6.45) is 1.82. The van der Waals surface area contributed by atoms with E-state index in [9.17, 15) is 9.32 Å². The van der Waals surface area contributed by atoms with Crippen molar-refractivity contribution in [3.8, 4) is 6.07 Å². The molecule has 1 aliphatic heterocycles. The molecule has 6 nitrogen and oxygen atoms in total. The number of hydrogen-bond donors (Lipinski definition) is 2. The van der Waals surface area contributed by atoms with Gasteiger partial charge in [-0.1, -0.05) is 0 Å². The fourth-order valence-electron chi connectivity index (χ4n) is 1.84. The maximum absolute atomic E-state index is 12.3. The Balaban J connectivity index is 2.21. The molecule has 2 unspecified atom stereocenters. The second kappa shape index (κ2) is 5.12. The van der Waals surface area contributed by atoms with Crippen LogP contribution in [0.5, 0.6) is 0 Å². The van der Waals surface area contributed by atoms with E-state index in [0.717, 1.165) is 0 Å². The second-order valence-corrected chi connectivity index (χ2v) is 5.66. The smallest absolute Gasteiger partial charge is 0.157 e. The summed E-state index contributed by atoms with van der Waals surface area (Å²) in [6, 6.07) is 5.09. The molecule has 2 atom stereocenters. The minimum atomic E-state index is -1.54. The van der Waals surface area contributed by atoms with Gasteiger partial charge in [0.05, 0.1) is 11.5 Å². The predicted octanol–water partition coefficient (Wildman–Crippen LogP) is -0.595. The molecular weight excluding hydrogens is 254 g/mol. The van der Waals surface area contributed by atoms with Crippen molar-refractivity contribution >= 4 is 11.0 Å². The van der Waals surface area contributed by atoms with Gasteiger partial charge in [0.15, 0.2) is 5.69 Å². The molecule has 18 heavy (non-hydrogen) atoms. The molecule has 1 saturated heterocycles. The Kier molecular flexibility index (Phi) is 3.73. The topological polar surface area (TPSA) is 97.5 Å². The second-order valence-electron chi connectivity index (χ2n) is 4.21. The first-order valence-corrected chi connectivity index (χ1v) is 6.55. The Morgan fingerprint density at radius 3 is 3.06 bits per heavy atom. The van der Waals surface area contributed by atoms with Crippen LogP contribution in [0.3, 0.4) is 0 Å². The largest absolute Gasteiger partial charge is 0.393 e. The average Bonchev–Trinajstić information content (AvgIpc) is 2.81. The lowest BCUT2D eigenvalue weighted by molar-refractivity contribution is -0.000504. The standard InChI is InChI=1S/C11H13N3O3S/c12-6-9-10(2-1-4-13-9)18(17)14-5-3-11(16,7-14)8-15/h1-2,4,15-16H,3,5,7-8H2. The molecular formula is C11H13N3O3S. The van der Waals surface area contributed by atoms with Gasteiger partial charge in [0.2, 0.25) is 0 Å². The molecule has 0 amide bonds. The van der Waals surface area contributed by atoms with Gasteiger partial charge in [-0.15, -0.1) is 0 Å². The van der Waals surface area contributed by atoms with E-state index in [-0.39, 0.29) is 18.8 Å². The molecule has 0 radical (unpaired) electrons. The number of rotatable bonds is 3. The molecule has 0 bridgehead atoms. The molecule has 1 aromatic rings. The molecule has 1 fully saturated rings. The summed E-state index contributed by atoms with van der Waals surface area (Å²) < 4.78 is 13.8. The highest BCUT2D eigenvalue weighted by Gasteiger charge is 2.38. The normalized spacial score (nSPS) is 25.8. The van der Waals surface area contributed by atoms with Crippen LogP contribution in [-0.4, -0.2) is 49.0 Å². The van der Waals surface area contributed by atoms with E-state index in [1.54, 1.807) is 12.1 Å². The zero-order valence-corrected chi connectivity index (χ0v) is 10.4. The van der Waals surface area contributed by atoms with E-state index < -0.39 is 16.6 Å². The van der Waals surface area contributed by atoms with Crippen molar-refractivity contribution in [3.63, 3.8) is 0 Å². The van der Waals surface area contributed by atoms with Gasteiger partial charge in [-0.25, -0.2) is 13.5 Å². The van der Waals surface area contributed by atoms with E-state index >= 15 is 0 Å². The van der Waals surface area contributed by atoms with Crippen LogP contribution in [0.25, 0.3) is 0 Å². The first-order valence-electron chi connectivity index (χ1n) is 5.45. The zero-order chi connectivity index (χ0) is 13.2. The van der Waals surface area contributed by atoms with Crippen molar-refractivity contribution in [1.29, 1.82) is 5.26 Å². The van der Waals surface area contributed by atoms with Gasteiger partial charge < -0.3 is 10.2 Å². The lowest BCUT2D eigenvalue weighted by Crippen LogP contribution is -2.37. The Morgan fingerprint density at radius 2 is 2.44 bits per heavy atom. The minimum Gasteiger partial charge on any atom is -0.393 e. The first kappa shape index (κ1) is 13.1. The van der Waals surface area contributed by atoms with Crippen LogP contribution < -0.4 is 0 Å². The van der Waals surface area contributed by atoms with E-state index in [4.69, 9.17) is 10.4 Å². The highest BCUT2D eigenvalue weighted by atomic mass is 32.2. The van der Waals surface area contributed by atoms with Gasteiger partial charge in [0.25, 0.3) is 0 Å². The molecule has 2 N–H and O–H groups in total. The van der Waals surface area contributed by atoms with Crippen LogP contribution in [0.2, 0.25) is 0 Å². The molecule has 1 aliphatic rings. The van der Waals surface area contributed by atoms with Gasteiger partial charge >= 0.3 is 0 Å². The van der Waals surface area contributed by atoms with Crippen LogP contribution in [-0.2, 0) is 11.0 Å². The quantitative estimate of drug-likeness (QED) is 0.762. The van der Waals surface area contributed by atoms with Crippen LogP contribution >= 0.6 is 0 Å². The predicted molar refractivity (Wildman–Crippen MR) is 63.6 cm³/mol. The van der Waals surface area contributed by atoms with Gasteiger partial charge in [-0.2, -0.15) is 5.26 Å². The first-order chi connectivity index (χ1) is 8.59. The molecule has 0 spiro atoms. The molecule has 0 aromatic carbocycles. The van der Waals surface area contributed by atoms with Crippen molar-refractivity contribution in [2.45, 2.75) is 16.9 Å². The fraction of sp³-hybridized carbons (Fsp3) is 0.455. The van der Waals surface area contributed by atoms with E-state index in [1.165, 1.54) is 10.5 Å². The lowest BCUT2D eigenvalue weighted by Gasteiger charge is -2.20. The summed E-state index contributed by atoms with van der Waals surface area (Å²) in [5.41, 5.74) is -1.08. The van der Waals surface area contributed by atoms with Crippen molar-refractivity contribution < 1.29 is 14.4 Å². The van der Waals surface area contributed by atoms with Gasteiger partial charge in [-0.3, -0.25) is 0 Å². The monoisotopic (exact) mass is 267 g/mol. The van der Waals surface area contributed by atoms with E-state index in [1.807, 2.05) is 6.07 Å². The summed E-state index contributed by atoms with van der Waals surface area (Å²) in [4.78, 5) is 4.19. The van der Waals surface area contributed by atoms with Crippen molar-refractivity contribution in [2.75, 3.05) is 19.7 Å². The Hall–Kier alpha value is -1.33. The van der Waals surface area contributed by atoms with Crippen LogP contribution in [0, 0.1) is 11.3 Å². The highest BCUT2D eigenvalue weighted by Crippen LogP contribution is 2.25. The molecule has 7 heteroatoms. The Bertz CT molecular complexity index is 517. The minimum absolute atomic E-state index is 0.121. The summed E-state index contributed by atoms with van der Waals surface area (Å²) in [7, 11) is -1.54. The van der Waals surface area contributed by atoms with E-state index in [0.29, 0.717) is 17.9 Å². The number of nitriles is 1. The third kappa shape index (κ3) is 2.42. The molecule has 1 aromatic heterocycles. The summed E-state index contributed by atoms with van der Waals surface area (Å²) in [6.45, 7) is 0.165. The van der Waals surface area contributed by atoms with Crippen LogP contribution in [0.4, 0.5) is 0 Å². The zero-order valence-electron chi connectivity index (χ0n) is 9.61. The lowest BCUT2D eigenvalue weighted by atomic mass is 10.1. The highest BCUT2D eigenvalue weighted by molar-refractivity contribution is 7.82. The van der Waals surface area contributed by atoms with Crippen molar-refractivity contribution in [3.05, 3.63) is 24.0 Å². The summed E-state index contributed by atoms with van der Waals surface area (Å²) in [5.74, 6) is 0. The van der Waals surface area contributed by atoms with Crippen LogP contribution in [0.15, 0.2) is 23.2 Å². The number of β-amino-alcohol motifs (C(OH)–C–C–N with tert-alkyl or cyclic N) is 1. The maximum Gasteiger partial charge on any atom is 0.157 e. The van der Waals surface area contributed by atoms with Gasteiger partial charge in [-0.05, 0) is 18.6 Å². The SMILES string of the molecule is N#Cc1ncccc1S(=O)N1CCC(O)(CO)C1. The third-order valence-electron chi connectivity index (χ3n) is 2.89. The maximum atomic E-state index is 12.3. The summed E-state index contributed by atoms with van der Waals surface area (Å²) in [5, 5.41) is 27.8. The molecule has 96 valence electrons. The number of nitrogens with zero attached hydrogens (tertiary/aromatic N) is 3. The average molecular weight is 267 g/mol. The van der Waals surface area contributed by atoms with Crippen LogP contribution in [0.1, 0.15) is 12.1 Å². The fourth-order valence-corrected chi connectivity index (χ4v) is 3.20. The molecule has 0 saturated carbocycles. The van der Waals surface area contributed by atoms with Gasteiger partial charge in [0, 0.05) is 19.3 Å². The van der Waals surface area contributed by atoms with Crippen molar-refractivity contribution in [1.82, 2.24) is 9.29 Å². The molecule has 2 rings (SSSR count). The Morgan fingerprint density at radius 1 is 1.67 bits per heavy atom. The third-order valence-corrected chi connectivity index (χ3v) is 4.38. The van der Waals surface area contributed by atoms with Gasteiger partial charge in [0.1, 0.15) is 22.7 Å². The Labute approximate surface area is 107 Å². The van der Waals surface area contributed by atoms with Crippen molar-refractivity contribution in [2.24, 2.45) is 0 Å². The summed E-state index contributed by atoms with van der Waals surface area (Å²) >= 11 is 0. The number of pyridine rings is 1. The number of aliphatic hydroxyl groups excluding tert-OH is 1. The number of aliphatic hydroxyl groups is 2. The number of hydrogen-bond acceptors (Lipinski definition) is 5.